The van der Waals surface area contributed by atoms with Gasteiger partial charge in [0.15, 0.2) is 0 Å². The zero-order valence-corrected chi connectivity index (χ0v) is 11.5. The fraction of sp³-hybridized carbons (Fsp3) is 0.538. The smallest absolute Gasteiger partial charge is 0.123 e. The standard InChI is InChI=1S/C13H21ClN2O/c1-15-10-11-9-12(14)5-6-13(11)17-8-4-7-16(2)3/h5-6,9,15H,4,7-8,10H2,1-3H3. The van der Waals surface area contributed by atoms with Crippen LogP contribution < -0.4 is 10.1 Å². The van der Waals surface area contributed by atoms with E-state index in [-0.39, 0.29) is 0 Å². The third-order valence-electron chi connectivity index (χ3n) is 2.40. The summed E-state index contributed by atoms with van der Waals surface area (Å²) >= 11 is 5.97. The number of halogens is 1. The van der Waals surface area contributed by atoms with Crippen LogP contribution in [0.1, 0.15) is 12.0 Å². The lowest BCUT2D eigenvalue weighted by Crippen LogP contribution is -2.16. The van der Waals surface area contributed by atoms with Crippen molar-refractivity contribution in [1.29, 1.82) is 0 Å². The van der Waals surface area contributed by atoms with E-state index in [1.807, 2.05) is 25.2 Å². The Bertz CT molecular complexity index is 342. The van der Waals surface area contributed by atoms with Crippen molar-refractivity contribution >= 4 is 11.6 Å². The minimum absolute atomic E-state index is 0.733. The maximum atomic E-state index is 5.97. The Labute approximate surface area is 109 Å². The fourth-order valence-corrected chi connectivity index (χ4v) is 1.78. The second-order valence-electron chi connectivity index (χ2n) is 4.29. The van der Waals surface area contributed by atoms with Crippen LogP contribution in [-0.4, -0.2) is 39.2 Å². The molecule has 96 valence electrons. The molecule has 0 aromatic heterocycles. The van der Waals surface area contributed by atoms with E-state index in [1.54, 1.807) is 0 Å². The molecule has 0 aliphatic rings. The van der Waals surface area contributed by atoms with Crippen LogP contribution in [0.2, 0.25) is 5.02 Å². The van der Waals surface area contributed by atoms with Gasteiger partial charge in [0.1, 0.15) is 5.75 Å². The SMILES string of the molecule is CNCc1cc(Cl)ccc1OCCCN(C)C. The monoisotopic (exact) mass is 256 g/mol. The molecular formula is C13H21ClN2O. The van der Waals surface area contributed by atoms with Crippen LogP contribution in [0.3, 0.4) is 0 Å². The van der Waals surface area contributed by atoms with Gasteiger partial charge in [-0.2, -0.15) is 0 Å². The van der Waals surface area contributed by atoms with Crippen LogP contribution in [0.15, 0.2) is 18.2 Å². The van der Waals surface area contributed by atoms with E-state index in [2.05, 4.69) is 24.3 Å². The first kappa shape index (κ1) is 14.3. The number of rotatable bonds is 7. The molecule has 0 amide bonds. The van der Waals surface area contributed by atoms with E-state index in [1.165, 1.54) is 0 Å². The lowest BCUT2D eigenvalue weighted by molar-refractivity contribution is 0.279. The maximum absolute atomic E-state index is 5.97. The average Bonchev–Trinajstić information content (AvgIpc) is 2.27. The van der Waals surface area contributed by atoms with E-state index in [4.69, 9.17) is 16.3 Å². The zero-order chi connectivity index (χ0) is 12.7. The topological polar surface area (TPSA) is 24.5 Å². The summed E-state index contributed by atoms with van der Waals surface area (Å²) in [5.41, 5.74) is 1.10. The summed E-state index contributed by atoms with van der Waals surface area (Å²) < 4.78 is 5.77. The normalized spacial score (nSPS) is 10.9. The molecule has 1 aromatic rings. The third kappa shape index (κ3) is 5.39. The van der Waals surface area contributed by atoms with Crippen molar-refractivity contribution in [3.8, 4) is 5.75 Å². The summed E-state index contributed by atoms with van der Waals surface area (Å²) in [4.78, 5) is 2.15. The number of hydrogen-bond donors (Lipinski definition) is 1. The summed E-state index contributed by atoms with van der Waals surface area (Å²) in [6.45, 7) is 2.54. The zero-order valence-electron chi connectivity index (χ0n) is 10.8. The minimum atomic E-state index is 0.733. The van der Waals surface area contributed by atoms with Gasteiger partial charge in [-0.25, -0.2) is 0 Å². The Morgan fingerprint density at radius 1 is 1.35 bits per heavy atom. The van der Waals surface area contributed by atoms with Crippen LogP contribution in [0.4, 0.5) is 0 Å². The predicted octanol–water partition coefficient (Wildman–Crippen LogP) is 2.39. The Hall–Kier alpha value is -0.770. The van der Waals surface area contributed by atoms with E-state index in [0.29, 0.717) is 0 Å². The Morgan fingerprint density at radius 3 is 2.76 bits per heavy atom. The first-order chi connectivity index (χ1) is 8.13. The molecule has 0 saturated heterocycles. The molecule has 0 radical (unpaired) electrons. The number of nitrogens with zero attached hydrogens (tertiary/aromatic N) is 1. The largest absolute Gasteiger partial charge is 0.493 e. The minimum Gasteiger partial charge on any atom is -0.493 e. The summed E-state index contributed by atoms with van der Waals surface area (Å²) in [6, 6.07) is 5.74. The molecule has 0 unspecified atom stereocenters. The summed E-state index contributed by atoms with van der Waals surface area (Å²) in [7, 11) is 6.04. The van der Waals surface area contributed by atoms with Gasteiger partial charge in [0, 0.05) is 23.7 Å². The fourth-order valence-electron chi connectivity index (χ4n) is 1.58. The number of nitrogens with one attached hydrogen (secondary N) is 1. The van der Waals surface area contributed by atoms with Crippen LogP contribution in [0, 0.1) is 0 Å². The molecule has 0 aliphatic heterocycles. The molecule has 3 nitrogen and oxygen atoms in total. The van der Waals surface area contributed by atoms with Gasteiger partial charge in [-0.3, -0.25) is 0 Å². The Balaban J connectivity index is 2.51. The molecule has 0 heterocycles. The predicted molar refractivity (Wildman–Crippen MR) is 72.9 cm³/mol. The first-order valence-corrected chi connectivity index (χ1v) is 6.22. The van der Waals surface area contributed by atoms with Gasteiger partial charge in [-0.05, 0) is 45.8 Å². The van der Waals surface area contributed by atoms with Crippen molar-refractivity contribution in [3.05, 3.63) is 28.8 Å². The van der Waals surface area contributed by atoms with Crippen LogP contribution in [-0.2, 0) is 6.54 Å². The third-order valence-corrected chi connectivity index (χ3v) is 2.63. The average molecular weight is 257 g/mol. The molecule has 1 aromatic carbocycles. The Kier molecular flexibility index (Phi) is 6.34. The second-order valence-corrected chi connectivity index (χ2v) is 4.72. The van der Waals surface area contributed by atoms with Crippen LogP contribution in [0.5, 0.6) is 5.75 Å². The van der Waals surface area contributed by atoms with Gasteiger partial charge in [0.2, 0.25) is 0 Å². The lowest BCUT2D eigenvalue weighted by atomic mass is 10.2. The molecule has 4 heteroatoms. The van der Waals surface area contributed by atoms with Gasteiger partial charge in [0.25, 0.3) is 0 Å². The van der Waals surface area contributed by atoms with Gasteiger partial charge >= 0.3 is 0 Å². The van der Waals surface area contributed by atoms with E-state index in [0.717, 1.165) is 42.5 Å². The second kappa shape index (κ2) is 7.54. The molecule has 0 bridgehead atoms. The maximum Gasteiger partial charge on any atom is 0.123 e. The van der Waals surface area contributed by atoms with Gasteiger partial charge < -0.3 is 15.0 Å². The van der Waals surface area contributed by atoms with Crippen molar-refractivity contribution in [2.24, 2.45) is 0 Å². The highest BCUT2D eigenvalue weighted by molar-refractivity contribution is 6.30. The molecule has 1 rings (SSSR count). The number of ether oxygens (including phenoxy) is 1. The molecule has 0 fully saturated rings. The molecule has 0 atom stereocenters. The van der Waals surface area contributed by atoms with Crippen molar-refractivity contribution in [1.82, 2.24) is 10.2 Å². The van der Waals surface area contributed by atoms with Crippen molar-refractivity contribution in [3.63, 3.8) is 0 Å². The lowest BCUT2D eigenvalue weighted by Gasteiger charge is -2.13. The van der Waals surface area contributed by atoms with Crippen molar-refractivity contribution in [2.75, 3.05) is 34.3 Å². The molecule has 0 saturated carbocycles. The summed E-state index contributed by atoms with van der Waals surface area (Å²) in [5, 5.41) is 3.86. The molecule has 1 N–H and O–H groups in total. The van der Waals surface area contributed by atoms with Crippen molar-refractivity contribution in [2.45, 2.75) is 13.0 Å². The van der Waals surface area contributed by atoms with Gasteiger partial charge in [-0.1, -0.05) is 11.6 Å². The van der Waals surface area contributed by atoms with E-state index < -0.39 is 0 Å². The highest BCUT2D eigenvalue weighted by Crippen LogP contribution is 2.22. The van der Waals surface area contributed by atoms with E-state index in [9.17, 15) is 0 Å². The Morgan fingerprint density at radius 2 is 2.12 bits per heavy atom. The van der Waals surface area contributed by atoms with Gasteiger partial charge in [0.05, 0.1) is 6.61 Å². The number of benzene rings is 1. The number of hydrogen-bond acceptors (Lipinski definition) is 3. The van der Waals surface area contributed by atoms with Crippen LogP contribution in [0.25, 0.3) is 0 Å². The molecule has 17 heavy (non-hydrogen) atoms. The molecular weight excluding hydrogens is 236 g/mol. The molecule has 0 aliphatic carbocycles. The first-order valence-electron chi connectivity index (χ1n) is 5.84. The van der Waals surface area contributed by atoms with Crippen LogP contribution >= 0.6 is 11.6 Å². The van der Waals surface area contributed by atoms with Crippen molar-refractivity contribution < 1.29 is 4.74 Å². The van der Waals surface area contributed by atoms with Gasteiger partial charge in [-0.15, -0.1) is 0 Å². The van der Waals surface area contributed by atoms with E-state index >= 15 is 0 Å². The highest BCUT2D eigenvalue weighted by Gasteiger charge is 2.04. The highest BCUT2D eigenvalue weighted by atomic mass is 35.5. The summed E-state index contributed by atoms with van der Waals surface area (Å²) in [5.74, 6) is 0.919. The quantitative estimate of drug-likeness (QED) is 0.759. The summed E-state index contributed by atoms with van der Waals surface area (Å²) in [6.07, 6.45) is 1.02. The molecule has 0 spiro atoms.